The van der Waals surface area contributed by atoms with E-state index in [4.69, 9.17) is 11.5 Å². The summed E-state index contributed by atoms with van der Waals surface area (Å²) in [6.45, 7) is 1.80. The predicted molar refractivity (Wildman–Crippen MR) is 78.1 cm³/mol. The summed E-state index contributed by atoms with van der Waals surface area (Å²) in [6, 6.07) is 9.66. The Morgan fingerprint density at radius 1 is 1.00 bits per heavy atom. The van der Waals surface area contributed by atoms with Crippen LogP contribution in [0.3, 0.4) is 0 Å². The van der Waals surface area contributed by atoms with E-state index in [2.05, 4.69) is 15.5 Å². The molecule has 0 aliphatic heterocycles. The molecular formula is C14H13FN6. The van der Waals surface area contributed by atoms with Gasteiger partial charge in [-0.25, -0.2) is 4.39 Å². The normalized spacial score (nSPS) is 10.8. The molecule has 1 aromatic heterocycles. The first-order valence-electron chi connectivity index (χ1n) is 6.25. The van der Waals surface area contributed by atoms with Crippen molar-refractivity contribution in [3.63, 3.8) is 0 Å². The van der Waals surface area contributed by atoms with Gasteiger partial charge in [-0.2, -0.15) is 4.68 Å². The highest BCUT2D eigenvalue weighted by Gasteiger charge is 2.13. The van der Waals surface area contributed by atoms with Gasteiger partial charge in [0.15, 0.2) is 5.82 Å². The Labute approximate surface area is 120 Å². The van der Waals surface area contributed by atoms with Crippen LogP contribution in [0.2, 0.25) is 0 Å². The second-order valence-electron chi connectivity index (χ2n) is 4.79. The molecule has 3 rings (SSSR count). The van der Waals surface area contributed by atoms with Crippen molar-refractivity contribution in [1.29, 1.82) is 0 Å². The third-order valence-electron chi connectivity index (χ3n) is 2.98. The molecule has 0 amide bonds. The van der Waals surface area contributed by atoms with Crippen LogP contribution in [0.15, 0.2) is 36.4 Å². The number of tetrazole rings is 1. The summed E-state index contributed by atoms with van der Waals surface area (Å²) in [5.41, 5.74) is 14.6. The number of benzene rings is 2. The van der Waals surface area contributed by atoms with Gasteiger partial charge in [0, 0.05) is 16.9 Å². The quantitative estimate of drug-likeness (QED) is 0.701. The highest BCUT2D eigenvalue weighted by atomic mass is 19.1. The van der Waals surface area contributed by atoms with Gasteiger partial charge in [0.1, 0.15) is 5.82 Å². The van der Waals surface area contributed by atoms with Crippen LogP contribution in [0.4, 0.5) is 15.8 Å². The van der Waals surface area contributed by atoms with E-state index in [1.807, 2.05) is 0 Å². The molecule has 7 heteroatoms. The number of halogens is 1. The number of nitrogens with zero attached hydrogens (tertiary/aromatic N) is 4. The third kappa shape index (κ3) is 2.53. The van der Waals surface area contributed by atoms with Crippen LogP contribution < -0.4 is 11.5 Å². The summed E-state index contributed by atoms with van der Waals surface area (Å²) in [7, 11) is 0. The van der Waals surface area contributed by atoms with Crippen LogP contribution in [0.5, 0.6) is 0 Å². The van der Waals surface area contributed by atoms with Crippen molar-refractivity contribution in [3.05, 3.63) is 47.8 Å². The number of aromatic nitrogens is 4. The van der Waals surface area contributed by atoms with Crippen LogP contribution in [0.1, 0.15) is 5.56 Å². The Morgan fingerprint density at radius 2 is 1.71 bits per heavy atom. The lowest BCUT2D eigenvalue weighted by Gasteiger charge is -2.07. The molecule has 0 bridgehead atoms. The Morgan fingerprint density at radius 3 is 2.38 bits per heavy atom. The SMILES string of the molecule is Cc1cc(F)cc(-n2nnnc2-c2cc(N)cc(N)c2)c1. The fraction of sp³-hybridized carbons (Fsp3) is 0.0714. The zero-order chi connectivity index (χ0) is 15.0. The summed E-state index contributed by atoms with van der Waals surface area (Å²) in [5.74, 6) is 0.0949. The first kappa shape index (κ1) is 13.0. The minimum atomic E-state index is -0.349. The molecule has 0 saturated heterocycles. The molecule has 21 heavy (non-hydrogen) atoms. The first-order valence-corrected chi connectivity index (χ1v) is 6.25. The molecule has 106 valence electrons. The Bertz CT molecular complexity index is 704. The van der Waals surface area contributed by atoms with Gasteiger partial charge in [0.2, 0.25) is 0 Å². The Kier molecular flexibility index (Phi) is 3.02. The lowest BCUT2D eigenvalue weighted by Crippen LogP contribution is -2.02. The van der Waals surface area contributed by atoms with Gasteiger partial charge in [0.25, 0.3) is 0 Å². The van der Waals surface area contributed by atoms with Gasteiger partial charge in [-0.1, -0.05) is 0 Å². The third-order valence-corrected chi connectivity index (χ3v) is 2.98. The molecule has 0 spiro atoms. The molecule has 2 aromatic carbocycles. The summed E-state index contributed by atoms with van der Waals surface area (Å²) in [5, 5.41) is 11.5. The molecule has 6 nitrogen and oxygen atoms in total. The molecule has 0 atom stereocenters. The Balaban J connectivity index is 2.16. The predicted octanol–water partition coefficient (Wildman–Crippen LogP) is 1.94. The lowest BCUT2D eigenvalue weighted by molar-refractivity contribution is 0.623. The van der Waals surface area contributed by atoms with Crippen molar-refractivity contribution in [2.24, 2.45) is 0 Å². The maximum absolute atomic E-state index is 13.6. The Hall–Kier alpha value is -2.96. The van der Waals surface area contributed by atoms with Crippen molar-refractivity contribution in [3.8, 4) is 17.1 Å². The average Bonchev–Trinajstić information content (AvgIpc) is 2.85. The van der Waals surface area contributed by atoms with Crippen molar-refractivity contribution in [2.45, 2.75) is 6.92 Å². The topological polar surface area (TPSA) is 95.6 Å². The van der Waals surface area contributed by atoms with Crippen LogP contribution >= 0.6 is 0 Å². The molecule has 0 unspecified atom stereocenters. The first-order chi connectivity index (χ1) is 10.0. The molecule has 0 fully saturated rings. The number of anilines is 2. The van der Waals surface area contributed by atoms with E-state index in [0.717, 1.165) is 5.56 Å². The smallest absolute Gasteiger partial charge is 0.187 e. The minimum absolute atomic E-state index is 0.349. The van der Waals surface area contributed by atoms with E-state index >= 15 is 0 Å². The van der Waals surface area contributed by atoms with Gasteiger partial charge < -0.3 is 11.5 Å². The summed E-state index contributed by atoms with van der Waals surface area (Å²) < 4.78 is 15.0. The molecule has 4 N–H and O–H groups in total. The van der Waals surface area contributed by atoms with Crippen LogP contribution in [0.25, 0.3) is 17.1 Å². The molecule has 0 aliphatic carbocycles. The number of hydrogen-bond donors (Lipinski definition) is 2. The van der Waals surface area contributed by atoms with E-state index < -0.39 is 0 Å². The standard InChI is InChI=1S/C14H13FN6/c1-8-2-10(15)6-13(3-8)21-14(18-19-20-21)9-4-11(16)7-12(17)5-9/h2-7H,16-17H2,1H3. The highest BCUT2D eigenvalue weighted by Crippen LogP contribution is 2.25. The number of nitrogens with two attached hydrogens (primary N) is 2. The van der Waals surface area contributed by atoms with Crippen molar-refractivity contribution in [1.82, 2.24) is 20.2 Å². The monoisotopic (exact) mass is 284 g/mol. The van der Waals surface area contributed by atoms with Gasteiger partial charge in [0.05, 0.1) is 5.69 Å². The second kappa shape index (κ2) is 4.86. The molecular weight excluding hydrogens is 271 g/mol. The van der Waals surface area contributed by atoms with E-state index in [1.54, 1.807) is 31.2 Å². The average molecular weight is 284 g/mol. The highest BCUT2D eigenvalue weighted by molar-refractivity contribution is 5.68. The molecule has 3 aromatic rings. The molecule has 0 saturated carbocycles. The fourth-order valence-corrected chi connectivity index (χ4v) is 2.19. The van der Waals surface area contributed by atoms with Gasteiger partial charge in [-0.15, -0.1) is 5.10 Å². The van der Waals surface area contributed by atoms with E-state index in [1.165, 1.54) is 16.8 Å². The number of nitrogen functional groups attached to an aromatic ring is 2. The van der Waals surface area contributed by atoms with Gasteiger partial charge in [-0.05, 0) is 59.3 Å². The van der Waals surface area contributed by atoms with Gasteiger partial charge in [-0.3, -0.25) is 0 Å². The molecule has 0 aliphatic rings. The molecule has 0 radical (unpaired) electrons. The maximum atomic E-state index is 13.6. The van der Waals surface area contributed by atoms with Crippen LogP contribution in [0, 0.1) is 12.7 Å². The number of hydrogen-bond acceptors (Lipinski definition) is 5. The zero-order valence-electron chi connectivity index (χ0n) is 11.3. The fourth-order valence-electron chi connectivity index (χ4n) is 2.19. The van der Waals surface area contributed by atoms with E-state index in [0.29, 0.717) is 28.5 Å². The maximum Gasteiger partial charge on any atom is 0.187 e. The van der Waals surface area contributed by atoms with Gasteiger partial charge >= 0.3 is 0 Å². The second-order valence-corrected chi connectivity index (χ2v) is 4.79. The number of aryl methyl sites for hydroxylation is 1. The summed E-state index contributed by atoms with van der Waals surface area (Å²) in [4.78, 5) is 0. The van der Waals surface area contributed by atoms with Crippen molar-refractivity contribution in [2.75, 3.05) is 11.5 Å². The van der Waals surface area contributed by atoms with Crippen LogP contribution in [-0.2, 0) is 0 Å². The van der Waals surface area contributed by atoms with Crippen LogP contribution in [-0.4, -0.2) is 20.2 Å². The summed E-state index contributed by atoms with van der Waals surface area (Å²) >= 11 is 0. The zero-order valence-corrected chi connectivity index (χ0v) is 11.3. The van der Waals surface area contributed by atoms with E-state index in [-0.39, 0.29) is 5.82 Å². The minimum Gasteiger partial charge on any atom is -0.399 e. The largest absolute Gasteiger partial charge is 0.399 e. The van der Waals surface area contributed by atoms with E-state index in [9.17, 15) is 4.39 Å². The van der Waals surface area contributed by atoms with Crippen molar-refractivity contribution < 1.29 is 4.39 Å². The molecule has 1 heterocycles. The number of rotatable bonds is 2. The summed E-state index contributed by atoms with van der Waals surface area (Å²) in [6.07, 6.45) is 0. The van der Waals surface area contributed by atoms with Crippen molar-refractivity contribution >= 4 is 11.4 Å². The lowest BCUT2D eigenvalue weighted by atomic mass is 10.1.